The van der Waals surface area contributed by atoms with Crippen molar-refractivity contribution < 1.29 is 18.3 Å². The molecule has 1 saturated heterocycles. The van der Waals surface area contributed by atoms with Gasteiger partial charge in [0.05, 0.1) is 0 Å². The molecule has 4 N–H and O–H groups in total. The number of hydrogen-bond acceptors (Lipinski definition) is 4. The summed E-state index contributed by atoms with van der Waals surface area (Å²) in [5, 5.41) is 8.87. The highest BCUT2D eigenvalue weighted by atomic mass is 32.2. The van der Waals surface area contributed by atoms with Crippen LogP contribution in [-0.4, -0.2) is 49.0 Å². The Balaban J connectivity index is 2.69. The van der Waals surface area contributed by atoms with E-state index in [1.54, 1.807) is 0 Å². The molecule has 8 heteroatoms. The quantitative estimate of drug-likeness (QED) is 0.563. The van der Waals surface area contributed by atoms with Gasteiger partial charge >= 0.3 is 5.97 Å². The zero-order valence-corrected chi connectivity index (χ0v) is 9.96. The molecular weight excluding hydrogens is 234 g/mol. The summed E-state index contributed by atoms with van der Waals surface area (Å²) in [7, 11) is -3.59. The lowest BCUT2D eigenvalue weighted by molar-refractivity contribution is -0.142. The molecule has 0 amide bonds. The summed E-state index contributed by atoms with van der Waals surface area (Å²) in [5.74, 6) is -1.17. The van der Waals surface area contributed by atoms with E-state index in [0.717, 1.165) is 4.31 Å². The largest absolute Gasteiger partial charge is 0.480 e. The van der Waals surface area contributed by atoms with Crippen molar-refractivity contribution in [2.75, 3.05) is 19.6 Å². The first-order valence-corrected chi connectivity index (χ1v) is 6.53. The van der Waals surface area contributed by atoms with E-state index in [2.05, 4.69) is 4.72 Å². The van der Waals surface area contributed by atoms with Crippen molar-refractivity contribution in [1.82, 2.24) is 9.03 Å². The molecule has 1 rings (SSSR count). The summed E-state index contributed by atoms with van der Waals surface area (Å²) >= 11 is 0. The Morgan fingerprint density at radius 1 is 1.62 bits per heavy atom. The zero-order chi connectivity index (χ0) is 12.4. The Hall–Kier alpha value is -0.700. The minimum Gasteiger partial charge on any atom is -0.480 e. The molecule has 1 atom stereocenters. The molecule has 16 heavy (non-hydrogen) atoms. The molecule has 0 spiro atoms. The van der Waals surface area contributed by atoms with Gasteiger partial charge in [0.15, 0.2) is 0 Å². The first-order valence-electron chi connectivity index (χ1n) is 5.09. The predicted molar refractivity (Wildman–Crippen MR) is 58.0 cm³/mol. The highest BCUT2D eigenvalue weighted by Gasteiger charge is 2.45. The molecule has 94 valence electrons. The second-order valence-corrected chi connectivity index (χ2v) is 5.70. The van der Waals surface area contributed by atoms with Crippen LogP contribution < -0.4 is 10.5 Å². The first kappa shape index (κ1) is 13.4. The van der Waals surface area contributed by atoms with Crippen LogP contribution in [-0.2, 0) is 15.0 Å². The van der Waals surface area contributed by atoms with Crippen LogP contribution in [0, 0.1) is 0 Å². The van der Waals surface area contributed by atoms with Crippen LogP contribution in [0.3, 0.4) is 0 Å². The summed E-state index contributed by atoms with van der Waals surface area (Å²) in [4.78, 5) is 10.8. The fraction of sp³-hybridized carbons (Fsp3) is 0.875. The maximum atomic E-state index is 11.7. The average Bonchev–Trinajstić information content (AvgIpc) is 2.60. The number of nitrogens with one attached hydrogen (secondary N) is 1. The van der Waals surface area contributed by atoms with Gasteiger partial charge in [0.1, 0.15) is 5.54 Å². The lowest BCUT2D eigenvalue weighted by Gasteiger charge is -2.20. The highest BCUT2D eigenvalue weighted by molar-refractivity contribution is 7.87. The summed E-state index contributed by atoms with van der Waals surface area (Å²) in [6.07, 6.45) is 0.815. The SMILES string of the molecule is CCCNS(=O)(=O)N1CCC(N)(C(=O)O)C1. The smallest absolute Gasteiger partial charge is 0.325 e. The van der Waals surface area contributed by atoms with E-state index in [0.29, 0.717) is 13.0 Å². The van der Waals surface area contributed by atoms with Crippen LogP contribution in [0.4, 0.5) is 0 Å². The molecule has 0 aliphatic carbocycles. The first-order chi connectivity index (χ1) is 7.32. The van der Waals surface area contributed by atoms with Crippen molar-refractivity contribution in [2.24, 2.45) is 5.73 Å². The zero-order valence-electron chi connectivity index (χ0n) is 9.14. The van der Waals surface area contributed by atoms with Gasteiger partial charge in [0.25, 0.3) is 10.2 Å². The third-order valence-corrected chi connectivity index (χ3v) is 4.13. The molecule has 0 saturated carbocycles. The van der Waals surface area contributed by atoms with Crippen molar-refractivity contribution in [3.8, 4) is 0 Å². The topological polar surface area (TPSA) is 113 Å². The van der Waals surface area contributed by atoms with Gasteiger partial charge in [-0.1, -0.05) is 6.92 Å². The minimum absolute atomic E-state index is 0.134. The third kappa shape index (κ3) is 2.70. The van der Waals surface area contributed by atoms with Gasteiger partial charge in [-0.05, 0) is 12.8 Å². The van der Waals surface area contributed by atoms with Gasteiger partial charge in [0.2, 0.25) is 0 Å². The Kier molecular flexibility index (Phi) is 3.89. The summed E-state index contributed by atoms with van der Waals surface area (Å²) in [6, 6.07) is 0. The maximum Gasteiger partial charge on any atom is 0.325 e. The second-order valence-electron chi connectivity index (χ2n) is 3.94. The lowest BCUT2D eigenvalue weighted by atomic mass is 10.0. The van der Waals surface area contributed by atoms with Crippen molar-refractivity contribution in [3.63, 3.8) is 0 Å². The Bertz CT molecular complexity index is 369. The van der Waals surface area contributed by atoms with Crippen LogP contribution in [0.1, 0.15) is 19.8 Å². The number of carbonyl (C=O) groups is 1. The van der Waals surface area contributed by atoms with Gasteiger partial charge in [-0.2, -0.15) is 12.7 Å². The predicted octanol–water partition coefficient (Wildman–Crippen LogP) is -1.28. The van der Waals surface area contributed by atoms with Crippen molar-refractivity contribution in [2.45, 2.75) is 25.3 Å². The van der Waals surface area contributed by atoms with E-state index in [1.807, 2.05) is 6.92 Å². The number of carboxylic acid groups (broad SMARTS) is 1. The molecule has 0 radical (unpaired) electrons. The Morgan fingerprint density at radius 2 is 2.25 bits per heavy atom. The van der Waals surface area contributed by atoms with E-state index in [-0.39, 0.29) is 19.5 Å². The van der Waals surface area contributed by atoms with Crippen LogP contribution in [0.25, 0.3) is 0 Å². The summed E-state index contributed by atoms with van der Waals surface area (Å²) in [5.41, 5.74) is 4.13. The van der Waals surface area contributed by atoms with Gasteiger partial charge in [-0.25, -0.2) is 4.72 Å². The number of nitrogens with zero attached hydrogens (tertiary/aromatic N) is 1. The van der Waals surface area contributed by atoms with Crippen molar-refractivity contribution in [1.29, 1.82) is 0 Å². The third-order valence-electron chi connectivity index (χ3n) is 2.57. The van der Waals surface area contributed by atoms with E-state index in [9.17, 15) is 13.2 Å². The monoisotopic (exact) mass is 251 g/mol. The van der Waals surface area contributed by atoms with Crippen molar-refractivity contribution in [3.05, 3.63) is 0 Å². The fourth-order valence-corrected chi connectivity index (χ4v) is 2.88. The molecule has 1 unspecified atom stereocenters. The molecule has 1 aliphatic heterocycles. The van der Waals surface area contributed by atoms with Crippen LogP contribution in [0.5, 0.6) is 0 Å². The van der Waals surface area contributed by atoms with Gasteiger partial charge in [-0.15, -0.1) is 0 Å². The summed E-state index contributed by atoms with van der Waals surface area (Å²) in [6.45, 7) is 2.14. The lowest BCUT2D eigenvalue weighted by Crippen LogP contribution is -2.51. The van der Waals surface area contributed by atoms with Gasteiger partial charge in [-0.3, -0.25) is 4.79 Å². The van der Waals surface area contributed by atoms with Gasteiger partial charge in [0, 0.05) is 19.6 Å². The molecule has 0 aromatic carbocycles. The standard InChI is InChI=1S/C8H17N3O4S/c1-2-4-10-16(14,15)11-5-3-8(9,6-11)7(12)13/h10H,2-6,9H2,1H3,(H,12,13). The fourth-order valence-electron chi connectivity index (χ4n) is 1.50. The molecule has 0 aromatic heterocycles. The van der Waals surface area contributed by atoms with Crippen LogP contribution >= 0.6 is 0 Å². The number of hydrogen-bond donors (Lipinski definition) is 3. The van der Waals surface area contributed by atoms with E-state index >= 15 is 0 Å². The Labute approximate surface area is 94.8 Å². The molecule has 0 bridgehead atoms. The average molecular weight is 251 g/mol. The van der Waals surface area contributed by atoms with E-state index < -0.39 is 21.7 Å². The minimum atomic E-state index is -3.59. The van der Waals surface area contributed by atoms with E-state index in [4.69, 9.17) is 10.8 Å². The number of carboxylic acids is 1. The Morgan fingerprint density at radius 3 is 2.69 bits per heavy atom. The molecule has 1 fully saturated rings. The van der Waals surface area contributed by atoms with Crippen molar-refractivity contribution >= 4 is 16.2 Å². The van der Waals surface area contributed by atoms with Crippen LogP contribution in [0.2, 0.25) is 0 Å². The second kappa shape index (κ2) is 4.66. The highest BCUT2D eigenvalue weighted by Crippen LogP contribution is 2.21. The molecule has 1 heterocycles. The number of aliphatic carboxylic acids is 1. The molecule has 7 nitrogen and oxygen atoms in total. The number of nitrogens with two attached hydrogens (primary N) is 1. The molecular formula is C8H17N3O4S. The normalized spacial score (nSPS) is 27.1. The van der Waals surface area contributed by atoms with E-state index in [1.165, 1.54) is 0 Å². The molecule has 0 aromatic rings. The summed E-state index contributed by atoms with van der Waals surface area (Å²) < 4.78 is 26.8. The van der Waals surface area contributed by atoms with Crippen LogP contribution in [0.15, 0.2) is 0 Å². The maximum absolute atomic E-state index is 11.7. The molecule has 1 aliphatic rings. The number of rotatable bonds is 5. The van der Waals surface area contributed by atoms with Gasteiger partial charge < -0.3 is 10.8 Å².